The molecule has 0 fully saturated rings. The Hall–Kier alpha value is -2.77. The van der Waals surface area contributed by atoms with Gasteiger partial charge in [0.2, 0.25) is 0 Å². The van der Waals surface area contributed by atoms with Crippen LogP contribution in [0.2, 0.25) is 0 Å². The highest BCUT2D eigenvalue weighted by Gasteiger charge is 2.35. The van der Waals surface area contributed by atoms with Gasteiger partial charge in [0.05, 0.1) is 16.8 Å². The molecule has 22 heavy (non-hydrogen) atoms. The molecule has 0 aliphatic carbocycles. The fourth-order valence-electron chi connectivity index (χ4n) is 2.09. The molecule has 0 atom stereocenters. The van der Waals surface area contributed by atoms with Crippen molar-refractivity contribution in [3.8, 4) is 22.6 Å². The van der Waals surface area contributed by atoms with Gasteiger partial charge in [0.15, 0.2) is 0 Å². The molecule has 2 heterocycles. The summed E-state index contributed by atoms with van der Waals surface area (Å²) in [6.07, 6.45) is 0.766. The number of rotatable bonds is 2. The first-order chi connectivity index (χ1) is 10.5. The molecule has 3 aromatic rings. The van der Waals surface area contributed by atoms with Crippen LogP contribution in [0.15, 0.2) is 43.1 Å². The lowest BCUT2D eigenvalue weighted by molar-refractivity contribution is -0.137. The maximum Gasteiger partial charge on any atom is 0.417 e. The summed E-state index contributed by atoms with van der Waals surface area (Å²) in [5.74, 6) is -0.641. The highest BCUT2D eigenvalue weighted by atomic mass is 19.4. The van der Waals surface area contributed by atoms with E-state index in [1.54, 1.807) is 0 Å². The molecule has 1 N–H and O–H groups in total. The number of hydrogen-bond acceptors (Lipinski definition) is 3. The van der Waals surface area contributed by atoms with Gasteiger partial charge in [-0.1, -0.05) is 0 Å². The lowest BCUT2D eigenvalue weighted by atomic mass is 10.00. The Morgan fingerprint density at radius 2 is 1.86 bits per heavy atom. The molecule has 8 heteroatoms. The predicted octanol–water partition coefficient (Wildman–Crippen LogP) is 3.69. The molecule has 0 aliphatic heterocycles. The Kier molecular flexibility index (Phi) is 3.36. The minimum atomic E-state index is -4.71. The lowest BCUT2D eigenvalue weighted by Gasteiger charge is -2.14. The molecule has 0 amide bonds. The molecule has 2 aromatic heterocycles. The van der Waals surface area contributed by atoms with Crippen molar-refractivity contribution in [2.45, 2.75) is 6.18 Å². The van der Waals surface area contributed by atoms with Gasteiger partial charge in [-0.05, 0) is 18.2 Å². The fourth-order valence-corrected chi connectivity index (χ4v) is 2.09. The van der Waals surface area contributed by atoms with Gasteiger partial charge in [0.25, 0.3) is 0 Å². The normalized spacial score (nSPS) is 11.6. The van der Waals surface area contributed by atoms with E-state index in [4.69, 9.17) is 0 Å². The van der Waals surface area contributed by atoms with Crippen LogP contribution in [0, 0.1) is 5.82 Å². The number of aromatic nitrogens is 4. The van der Waals surface area contributed by atoms with Crippen molar-refractivity contribution in [1.29, 1.82) is 0 Å². The van der Waals surface area contributed by atoms with Crippen LogP contribution in [0.25, 0.3) is 22.6 Å². The Bertz CT molecular complexity index is 797. The van der Waals surface area contributed by atoms with Gasteiger partial charge in [-0.2, -0.15) is 13.2 Å². The molecular formula is C14H8F4N4. The van der Waals surface area contributed by atoms with Crippen LogP contribution in [-0.2, 0) is 6.18 Å². The second-order valence-electron chi connectivity index (χ2n) is 4.41. The number of halogens is 4. The number of nitrogens with zero attached hydrogens (tertiary/aromatic N) is 3. The Morgan fingerprint density at radius 1 is 1.05 bits per heavy atom. The van der Waals surface area contributed by atoms with Crippen molar-refractivity contribution in [2.24, 2.45) is 0 Å². The van der Waals surface area contributed by atoms with Crippen LogP contribution in [0.4, 0.5) is 17.6 Å². The molecule has 0 spiro atoms. The summed E-state index contributed by atoms with van der Waals surface area (Å²) < 4.78 is 52.7. The second-order valence-corrected chi connectivity index (χ2v) is 4.41. The van der Waals surface area contributed by atoms with Crippen LogP contribution in [0.5, 0.6) is 0 Å². The third-order valence-corrected chi connectivity index (χ3v) is 3.01. The Balaban J connectivity index is 2.26. The van der Waals surface area contributed by atoms with Crippen LogP contribution in [-0.4, -0.2) is 19.9 Å². The topological polar surface area (TPSA) is 54.5 Å². The van der Waals surface area contributed by atoms with Gasteiger partial charge in [0.1, 0.15) is 18.0 Å². The van der Waals surface area contributed by atoms with Gasteiger partial charge in [-0.3, -0.25) is 0 Å². The first kappa shape index (κ1) is 14.2. The number of nitrogens with one attached hydrogen (secondary N) is 1. The van der Waals surface area contributed by atoms with Gasteiger partial charge in [-0.15, -0.1) is 0 Å². The molecule has 3 rings (SSSR count). The molecule has 0 saturated carbocycles. The van der Waals surface area contributed by atoms with E-state index in [-0.39, 0.29) is 11.3 Å². The van der Waals surface area contributed by atoms with Crippen LogP contribution < -0.4 is 0 Å². The number of aromatic amines is 1. The number of imidazole rings is 1. The van der Waals surface area contributed by atoms with Crippen molar-refractivity contribution < 1.29 is 17.6 Å². The van der Waals surface area contributed by atoms with Crippen molar-refractivity contribution >= 4 is 0 Å². The zero-order valence-electron chi connectivity index (χ0n) is 10.9. The average molecular weight is 308 g/mol. The molecule has 0 saturated heterocycles. The third kappa shape index (κ3) is 2.54. The maximum atomic E-state index is 13.2. The average Bonchev–Trinajstić information content (AvgIpc) is 3.00. The summed E-state index contributed by atoms with van der Waals surface area (Å²) in [4.78, 5) is 14.5. The molecule has 1 aromatic carbocycles. The summed E-state index contributed by atoms with van der Waals surface area (Å²) in [5.41, 5.74) is -1.01. The van der Waals surface area contributed by atoms with E-state index in [9.17, 15) is 17.6 Å². The van der Waals surface area contributed by atoms with E-state index in [2.05, 4.69) is 19.9 Å². The molecule has 0 radical (unpaired) electrons. The van der Waals surface area contributed by atoms with Crippen molar-refractivity contribution in [2.75, 3.05) is 0 Å². The predicted molar refractivity (Wildman–Crippen MR) is 70.0 cm³/mol. The second kappa shape index (κ2) is 5.21. The van der Waals surface area contributed by atoms with E-state index in [0.717, 1.165) is 18.5 Å². The van der Waals surface area contributed by atoms with E-state index in [1.807, 2.05) is 0 Å². The van der Waals surface area contributed by atoms with Gasteiger partial charge in [-0.25, -0.2) is 19.3 Å². The van der Waals surface area contributed by atoms with Crippen LogP contribution in [0.1, 0.15) is 5.56 Å². The fraction of sp³-hybridized carbons (Fsp3) is 0.0714. The Labute approximate surface area is 121 Å². The van der Waals surface area contributed by atoms with Crippen molar-refractivity contribution in [1.82, 2.24) is 19.9 Å². The molecule has 4 nitrogen and oxygen atoms in total. The summed E-state index contributed by atoms with van der Waals surface area (Å²) in [6.45, 7) is 0. The first-order valence-electron chi connectivity index (χ1n) is 6.13. The zero-order chi connectivity index (χ0) is 15.7. The highest BCUT2D eigenvalue weighted by molar-refractivity contribution is 5.78. The molecule has 0 aliphatic rings. The van der Waals surface area contributed by atoms with E-state index in [0.29, 0.717) is 17.5 Å². The molecular weight excluding hydrogens is 300 g/mol. The summed E-state index contributed by atoms with van der Waals surface area (Å²) >= 11 is 0. The quantitative estimate of drug-likeness (QED) is 0.735. The third-order valence-electron chi connectivity index (χ3n) is 3.01. The Morgan fingerprint density at radius 3 is 2.55 bits per heavy atom. The first-order valence-corrected chi connectivity index (χ1v) is 6.13. The summed E-state index contributed by atoms with van der Waals surface area (Å²) in [6, 6.07) is 2.45. The summed E-state index contributed by atoms with van der Waals surface area (Å²) in [5, 5.41) is 0. The van der Waals surface area contributed by atoms with Crippen molar-refractivity contribution in [3.63, 3.8) is 0 Å². The zero-order valence-corrected chi connectivity index (χ0v) is 10.9. The largest absolute Gasteiger partial charge is 0.417 e. The monoisotopic (exact) mass is 308 g/mol. The van der Waals surface area contributed by atoms with Crippen LogP contribution in [0.3, 0.4) is 0 Å². The minimum Gasteiger partial charge on any atom is -0.345 e. The lowest BCUT2D eigenvalue weighted by Crippen LogP contribution is -2.09. The summed E-state index contributed by atoms with van der Waals surface area (Å²) in [7, 11) is 0. The molecule has 0 unspecified atom stereocenters. The molecule has 112 valence electrons. The van der Waals surface area contributed by atoms with E-state index >= 15 is 0 Å². The van der Waals surface area contributed by atoms with Crippen LogP contribution >= 0.6 is 0 Å². The van der Waals surface area contributed by atoms with E-state index < -0.39 is 17.6 Å². The van der Waals surface area contributed by atoms with Gasteiger partial charge >= 0.3 is 6.18 Å². The number of hydrogen-bond donors (Lipinski definition) is 1. The van der Waals surface area contributed by atoms with E-state index in [1.165, 1.54) is 18.6 Å². The smallest absolute Gasteiger partial charge is 0.345 e. The number of H-pyrrole nitrogens is 1. The van der Waals surface area contributed by atoms with Crippen molar-refractivity contribution in [3.05, 3.63) is 54.5 Å². The SMILES string of the molecule is Fc1ccc(-c2ncncc2-c2ncc[nH]2)c(C(F)(F)F)c1. The minimum absolute atomic E-state index is 0.0253. The standard InChI is InChI=1S/C14H8F4N4/c15-8-1-2-9(11(5-8)14(16,17)18)12-10(6-19-7-22-12)13-20-3-4-21-13/h1-7H,(H,20,21). The van der Waals surface area contributed by atoms with Gasteiger partial charge in [0, 0.05) is 24.2 Å². The van der Waals surface area contributed by atoms with Gasteiger partial charge < -0.3 is 4.98 Å². The molecule has 0 bridgehead atoms. The highest BCUT2D eigenvalue weighted by Crippen LogP contribution is 2.39. The number of alkyl halides is 3. The maximum absolute atomic E-state index is 13.2. The number of benzene rings is 1.